The summed E-state index contributed by atoms with van der Waals surface area (Å²) in [5.41, 5.74) is 8.79. The second-order valence-electron chi connectivity index (χ2n) is 12.6. The molecule has 2 amide bonds. The van der Waals surface area contributed by atoms with Crippen molar-refractivity contribution in [2.75, 3.05) is 54.4 Å². The van der Waals surface area contributed by atoms with Gasteiger partial charge in [-0.2, -0.15) is 0 Å². The van der Waals surface area contributed by atoms with Crippen molar-refractivity contribution in [2.45, 2.75) is 12.8 Å². The van der Waals surface area contributed by atoms with Gasteiger partial charge in [0.25, 0.3) is 11.8 Å². The summed E-state index contributed by atoms with van der Waals surface area (Å²) >= 11 is 0. The second kappa shape index (κ2) is 14.6. The van der Waals surface area contributed by atoms with Crippen LogP contribution in [0.1, 0.15) is 33.6 Å². The van der Waals surface area contributed by atoms with Crippen molar-refractivity contribution in [3.05, 3.63) is 96.1 Å². The number of nitrogens with one attached hydrogen (secondary N) is 4. The Morgan fingerprint density at radius 2 is 0.938 bits per heavy atom. The molecule has 0 radical (unpaired) electrons. The lowest BCUT2D eigenvalue weighted by Crippen LogP contribution is -2.27. The highest BCUT2D eigenvalue weighted by Crippen LogP contribution is 2.29. The maximum atomic E-state index is 12.5. The van der Waals surface area contributed by atoms with Crippen LogP contribution in [0, 0.1) is 0 Å². The standard InChI is InChI=1S/C38H42N8O2/c1-45(2)21-5-19-39-37(47)27-11-7-25(8-12-27)35-41-31-17-15-29(23-33(31)43-35)30-16-18-32-34(24-30)44-36(42-32)26-9-13-28(14-10-26)38(48)40-20-6-22-46(3)4/h7-18,23-24H,5-6,19-22H2,1-4H3,(H,39,47)(H,40,48)(H,41,43)(H,42,44). The Hall–Kier alpha value is -5.32. The van der Waals surface area contributed by atoms with Crippen molar-refractivity contribution in [1.82, 2.24) is 40.4 Å². The predicted molar refractivity (Wildman–Crippen MR) is 193 cm³/mol. The predicted octanol–water partition coefficient (Wildman–Crippen LogP) is 5.80. The summed E-state index contributed by atoms with van der Waals surface area (Å²) in [4.78, 5) is 45.7. The molecule has 246 valence electrons. The number of imidazole rings is 2. The number of rotatable bonds is 13. The molecule has 6 rings (SSSR count). The van der Waals surface area contributed by atoms with Crippen molar-refractivity contribution >= 4 is 33.9 Å². The Balaban J connectivity index is 1.13. The van der Waals surface area contributed by atoms with Gasteiger partial charge in [0.1, 0.15) is 11.6 Å². The normalized spacial score (nSPS) is 11.5. The van der Waals surface area contributed by atoms with Crippen LogP contribution < -0.4 is 10.6 Å². The molecule has 0 bridgehead atoms. The van der Waals surface area contributed by atoms with Crippen LogP contribution >= 0.6 is 0 Å². The lowest BCUT2D eigenvalue weighted by molar-refractivity contribution is 0.0944. The van der Waals surface area contributed by atoms with E-state index in [2.05, 4.69) is 54.7 Å². The Labute approximate surface area is 280 Å². The first-order valence-corrected chi connectivity index (χ1v) is 16.3. The molecule has 0 aliphatic rings. The van der Waals surface area contributed by atoms with E-state index in [1.165, 1.54) is 0 Å². The average Bonchev–Trinajstić information content (AvgIpc) is 3.72. The summed E-state index contributed by atoms with van der Waals surface area (Å²) in [5, 5.41) is 5.97. The number of amides is 2. The van der Waals surface area contributed by atoms with Crippen molar-refractivity contribution in [3.8, 4) is 33.9 Å². The number of carbonyl (C=O) groups is 2. The van der Waals surface area contributed by atoms with Crippen LogP contribution in [0.15, 0.2) is 84.9 Å². The third-order valence-corrected chi connectivity index (χ3v) is 8.27. The summed E-state index contributed by atoms with van der Waals surface area (Å²) in [6.07, 6.45) is 1.81. The van der Waals surface area contributed by atoms with Gasteiger partial charge in [-0.15, -0.1) is 0 Å². The zero-order valence-corrected chi connectivity index (χ0v) is 27.9. The molecule has 4 aromatic carbocycles. The molecular weight excluding hydrogens is 600 g/mol. The number of carbonyl (C=O) groups excluding carboxylic acids is 2. The Morgan fingerprint density at radius 1 is 0.562 bits per heavy atom. The van der Waals surface area contributed by atoms with Gasteiger partial charge in [0.05, 0.1) is 22.1 Å². The summed E-state index contributed by atoms with van der Waals surface area (Å²) in [7, 11) is 8.10. The van der Waals surface area contributed by atoms with Gasteiger partial charge < -0.3 is 30.4 Å². The van der Waals surface area contributed by atoms with Crippen LogP contribution in [0.2, 0.25) is 0 Å². The number of aromatic nitrogens is 4. The third kappa shape index (κ3) is 7.79. The third-order valence-electron chi connectivity index (χ3n) is 8.27. The van der Waals surface area contributed by atoms with Gasteiger partial charge in [-0.3, -0.25) is 9.59 Å². The van der Waals surface area contributed by atoms with E-state index in [9.17, 15) is 9.59 Å². The van der Waals surface area contributed by atoms with Gasteiger partial charge >= 0.3 is 0 Å². The largest absolute Gasteiger partial charge is 0.352 e. The number of benzene rings is 4. The summed E-state index contributed by atoms with van der Waals surface area (Å²) in [5.74, 6) is 1.36. The van der Waals surface area contributed by atoms with E-state index in [0.29, 0.717) is 24.2 Å². The van der Waals surface area contributed by atoms with E-state index in [0.717, 1.165) is 81.9 Å². The fourth-order valence-electron chi connectivity index (χ4n) is 5.61. The number of hydrogen-bond donors (Lipinski definition) is 4. The second-order valence-corrected chi connectivity index (χ2v) is 12.6. The lowest BCUT2D eigenvalue weighted by Gasteiger charge is -2.10. The molecule has 2 heterocycles. The number of fused-ring (bicyclic) bond motifs is 2. The maximum absolute atomic E-state index is 12.5. The van der Waals surface area contributed by atoms with Crippen molar-refractivity contribution in [2.24, 2.45) is 0 Å². The van der Waals surface area contributed by atoms with Crippen molar-refractivity contribution in [3.63, 3.8) is 0 Å². The number of nitrogens with zero attached hydrogens (tertiary/aromatic N) is 4. The van der Waals surface area contributed by atoms with Gasteiger partial charge in [0, 0.05) is 35.3 Å². The van der Waals surface area contributed by atoms with Gasteiger partial charge in [-0.1, -0.05) is 36.4 Å². The number of hydrogen-bond acceptors (Lipinski definition) is 6. The molecule has 48 heavy (non-hydrogen) atoms. The number of H-pyrrole nitrogens is 2. The van der Waals surface area contributed by atoms with Crippen LogP contribution in [0.5, 0.6) is 0 Å². The molecule has 10 nitrogen and oxygen atoms in total. The van der Waals surface area contributed by atoms with Crippen LogP contribution in [0.3, 0.4) is 0 Å². The first kappa shape index (κ1) is 32.6. The summed E-state index contributed by atoms with van der Waals surface area (Å²) < 4.78 is 0. The Bertz CT molecular complexity index is 1880. The highest BCUT2D eigenvalue weighted by molar-refractivity contribution is 5.95. The minimum Gasteiger partial charge on any atom is -0.352 e. The van der Waals surface area contributed by atoms with E-state index in [1.54, 1.807) is 0 Å². The van der Waals surface area contributed by atoms with Crippen molar-refractivity contribution < 1.29 is 9.59 Å². The summed E-state index contributed by atoms with van der Waals surface area (Å²) in [6.45, 7) is 3.16. The molecule has 0 fully saturated rings. The highest BCUT2D eigenvalue weighted by Gasteiger charge is 2.12. The first-order chi connectivity index (χ1) is 23.2. The molecule has 4 N–H and O–H groups in total. The van der Waals surface area contributed by atoms with E-state index < -0.39 is 0 Å². The summed E-state index contributed by atoms with van der Waals surface area (Å²) in [6, 6.07) is 27.4. The Kier molecular flexibility index (Phi) is 9.94. The molecule has 6 aromatic rings. The zero-order valence-electron chi connectivity index (χ0n) is 27.9. The zero-order chi connectivity index (χ0) is 33.6. The quantitative estimate of drug-likeness (QED) is 0.118. The highest BCUT2D eigenvalue weighted by atomic mass is 16.2. The minimum atomic E-state index is -0.0695. The molecule has 0 spiro atoms. The molecule has 0 saturated heterocycles. The maximum Gasteiger partial charge on any atom is 0.251 e. The fourth-order valence-corrected chi connectivity index (χ4v) is 5.61. The van der Waals surface area contributed by atoms with Crippen LogP contribution in [-0.2, 0) is 0 Å². The van der Waals surface area contributed by atoms with Gasteiger partial charge in [0.15, 0.2) is 0 Å². The molecule has 10 heteroatoms. The minimum absolute atomic E-state index is 0.0695. The lowest BCUT2D eigenvalue weighted by atomic mass is 10.0. The first-order valence-electron chi connectivity index (χ1n) is 16.3. The molecule has 0 aliphatic carbocycles. The molecule has 2 aromatic heterocycles. The van der Waals surface area contributed by atoms with E-state index in [-0.39, 0.29) is 11.8 Å². The monoisotopic (exact) mass is 642 g/mol. The van der Waals surface area contributed by atoms with Gasteiger partial charge in [-0.25, -0.2) is 9.97 Å². The number of aromatic amines is 2. The van der Waals surface area contributed by atoms with E-state index in [1.807, 2.05) is 88.9 Å². The smallest absolute Gasteiger partial charge is 0.251 e. The molecule has 0 unspecified atom stereocenters. The Morgan fingerprint density at radius 3 is 1.31 bits per heavy atom. The van der Waals surface area contributed by atoms with Crippen LogP contribution in [0.25, 0.3) is 56.0 Å². The SMILES string of the molecule is CN(C)CCCNC(=O)c1ccc(-c2nc3ccc(-c4ccc5nc(-c6ccc(C(=O)NCCCN(C)C)cc6)[nH]c5c4)cc3[nH]2)cc1. The topological polar surface area (TPSA) is 122 Å². The average molecular weight is 643 g/mol. The molecule has 0 aliphatic heterocycles. The van der Waals surface area contributed by atoms with E-state index in [4.69, 9.17) is 9.97 Å². The van der Waals surface area contributed by atoms with Crippen LogP contribution in [0.4, 0.5) is 0 Å². The fraction of sp³-hybridized carbons (Fsp3) is 0.263. The molecular formula is C38H42N8O2. The van der Waals surface area contributed by atoms with Gasteiger partial charge in [-0.05, 0) is 114 Å². The molecule has 0 saturated carbocycles. The van der Waals surface area contributed by atoms with Crippen molar-refractivity contribution in [1.29, 1.82) is 0 Å². The van der Waals surface area contributed by atoms with E-state index >= 15 is 0 Å². The molecule has 0 atom stereocenters. The van der Waals surface area contributed by atoms with Crippen LogP contribution in [-0.4, -0.2) is 95.9 Å². The van der Waals surface area contributed by atoms with Gasteiger partial charge in [0.2, 0.25) is 0 Å².